The molecule has 1 fully saturated rings. The zero-order valence-corrected chi connectivity index (χ0v) is 17.3. The lowest BCUT2D eigenvalue weighted by Gasteiger charge is -2.14. The summed E-state index contributed by atoms with van der Waals surface area (Å²) in [6, 6.07) is 13.2. The molecular formula is C19H19BrN2O5S. The van der Waals surface area contributed by atoms with E-state index in [1.54, 1.807) is 48.5 Å². The fraction of sp³-hybridized carbons (Fsp3) is 0.263. The van der Waals surface area contributed by atoms with Crippen molar-refractivity contribution < 1.29 is 22.7 Å². The predicted molar refractivity (Wildman–Crippen MR) is 109 cm³/mol. The number of amides is 2. The summed E-state index contributed by atoms with van der Waals surface area (Å²) in [6.45, 7) is -0.266. The highest BCUT2D eigenvalue weighted by atomic mass is 79.9. The first-order valence-electron chi connectivity index (χ1n) is 8.61. The van der Waals surface area contributed by atoms with E-state index in [9.17, 15) is 18.0 Å². The first-order valence-corrected chi connectivity index (χ1v) is 11.2. The normalized spacial score (nSPS) is 17.7. The lowest BCUT2D eigenvalue weighted by atomic mass is 10.1. The fourth-order valence-corrected chi connectivity index (χ4v) is 4.76. The third-order valence-corrected chi connectivity index (χ3v) is 6.48. The number of hydrogen-bond acceptors (Lipinski definition) is 5. The van der Waals surface area contributed by atoms with Gasteiger partial charge in [-0.1, -0.05) is 28.1 Å². The minimum Gasteiger partial charge on any atom is -0.483 e. The standard InChI is InChI=1S/C19H19BrN2O5S/c20-13-5-7-14(8-6-13)21-18(23)11-27-17-4-2-1-3-16(17)19(24)22-15-9-10-28(25,26)12-15/h1-8,15H,9-12H2,(H,21,23)(H,22,24). The van der Waals surface area contributed by atoms with E-state index in [2.05, 4.69) is 26.6 Å². The number of anilines is 1. The van der Waals surface area contributed by atoms with Gasteiger partial charge < -0.3 is 15.4 Å². The average Bonchev–Trinajstić information content (AvgIpc) is 3.00. The van der Waals surface area contributed by atoms with Gasteiger partial charge in [-0.05, 0) is 42.8 Å². The zero-order valence-electron chi connectivity index (χ0n) is 14.9. The van der Waals surface area contributed by atoms with Gasteiger partial charge in [0.2, 0.25) is 0 Å². The molecule has 1 aliphatic heterocycles. The summed E-state index contributed by atoms with van der Waals surface area (Å²) >= 11 is 3.32. The lowest BCUT2D eigenvalue weighted by molar-refractivity contribution is -0.118. The molecule has 9 heteroatoms. The van der Waals surface area contributed by atoms with Gasteiger partial charge in [0.25, 0.3) is 11.8 Å². The Morgan fingerprint density at radius 2 is 1.82 bits per heavy atom. The van der Waals surface area contributed by atoms with Crippen LogP contribution >= 0.6 is 15.9 Å². The monoisotopic (exact) mass is 466 g/mol. The van der Waals surface area contributed by atoms with Crippen LogP contribution in [0.15, 0.2) is 53.0 Å². The van der Waals surface area contributed by atoms with Crippen LogP contribution < -0.4 is 15.4 Å². The van der Waals surface area contributed by atoms with E-state index in [4.69, 9.17) is 4.74 Å². The number of nitrogens with one attached hydrogen (secondary N) is 2. The molecule has 3 rings (SSSR count). The minimum absolute atomic E-state index is 0.0582. The maximum atomic E-state index is 12.5. The Labute approximate surface area is 171 Å². The van der Waals surface area contributed by atoms with Crippen molar-refractivity contribution in [3.63, 3.8) is 0 Å². The highest BCUT2D eigenvalue weighted by Gasteiger charge is 2.29. The van der Waals surface area contributed by atoms with E-state index in [0.717, 1.165) is 4.47 Å². The Morgan fingerprint density at radius 1 is 1.11 bits per heavy atom. The van der Waals surface area contributed by atoms with E-state index in [0.29, 0.717) is 12.1 Å². The average molecular weight is 467 g/mol. The van der Waals surface area contributed by atoms with Crippen molar-refractivity contribution in [2.45, 2.75) is 12.5 Å². The molecule has 1 aliphatic rings. The van der Waals surface area contributed by atoms with Crippen LogP contribution in [0.25, 0.3) is 0 Å². The van der Waals surface area contributed by atoms with Gasteiger partial charge in [0.05, 0.1) is 17.1 Å². The predicted octanol–water partition coefficient (Wildman–Crippen LogP) is 2.38. The first kappa shape index (κ1) is 20.3. The van der Waals surface area contributed by atoms with Crippen LogP contribution in [0.5, 0.6) is 5.75 Å². The maximum absolute atomic E-state index is 12.5. The van der Waals surface area contributed by atoms with Gasteiger partial charge in [0.1, 0.15) is 5.75 Å². The van der Waals surface area contributed by atoms with Gasteiger partial charge in [-0.15, -0.1) is 0 Å². The second-order valence-corrected chi connectivity index (χ2v) is 9.56. The third-order valence-electron chi connectivity index (χ3n) is 4.19. The fourth-order valence-electron chi connectivity index (χ4n) is 2.83. The SMILES string of the molecule is O=C(COc1ccccc1C(=O)NC1CCS(=O)(=O)C1)Nc1ccc(Br)cc1. The molecule has 0 bridgehead atoms. The van der Waals surface area contributed by atoms with Crippen LogP contribution in [0, 0.1) is 0 Å². The Balaban J connectivity index is 1.59. The van der Waals surface area contributed by atoms with Crippen molar-refractivity contribution in [2.75, 3.05) is 23.4 Å². The summed E-state index contributed by atoms with van der Waals surface area (Å²) in [5, 5.41) is 5.42. The minimum atomic E-state index is -3.09. The molecular weight excluding hydrogens is 448 g/mol. The lowest BCUT2D eigenvalue weighted by Crippen LogP contribution is -2.35. The summed E-state index contributed by atoms with van der Waals surface area (Å²) in [6.07, 6.45) is 0.396. The molecule has 1 unspecified atom stereocenters. The molecule has 1 heterocycles. The first-order chi connectivity index (χ1) is 13.3. The largest absolute Gasteiger partial charge is 0.483 e. The van der Waals surface area contributed by atoms with Crippen LogP contribution in [-0.2, 0) is 14.6 Å². The van der Waals surface area contributed by atoms with Crippen LogP contribution in [0.2, 0.25) is 0 Å². The molecule has 0 spiro atoms. The second-order valence-electron chi connectivity index (χ2n) is 6.41. The van der Waals surface area contributed by atoms with E-state index in [1.807, 2.05) is 0 Å². The smallest absolute Gasteiger partial charge is 0.262 e. The van der Waals surface area contributed by atoms with Crippen molar-refractivity contribution in [1.29, 1.82) is 0 Å². The van der Waals surface area contributed by atoms with Crippen LogP contribution in [0.1, 0.15) is 16.8 Å². The molecule has 1 atom stereocenters. The van der Waals surface area contributed by atoms with Crippen molar-refractivity contribution >= 4 is 43.3 Å². The summed E-state index contributed by atoms with van der Waals surface area (Å²) < 4.78 is 29.5. The number of benzene rings is 2. The zero-order chi connectivity index (χ0) is 20.1. The number of carbonyl (C=O) groups excluding carboxylic acids is 2. The van der Waals surface area contributed by atoms with Crippen LogP contribution in [0.3, 0.4) is 0 Å². The Kier molecular flexibility index (Phi) is 6.35. The van der Waals surface area contributed by atoms with Crippen LogP contribution in [-0.4, -0.2) is 44.4 Å². The van der Waals surface area contributed by atoms with Crippen molar-refractivity contribution in [1.82, 2.24) is 5.32 Å². The quantitative estimate of drug-likeness (QED) is 0.680. The summed E-state index contributed by atoms with van der Waals surface area (Å²) in [5.74, 6) is -0.513. The van der Waals surface area contributed by atoms with Gasteiger partial charge in [0.15, 0.2) is 16.4 Å². The van der Waals surface area contributed by atoms with Crippen molar-refractivity contribution in [3.05, 3.63) is 58.6 Å². The second kappa shape index (κ2) is 8.74. The molecule has 0 saturated carbocycles. The molecule has 28 heavy (non-hydrogen) atoms. The molecule has 2 amide bonds. The van der Waals surface area contributed by atoms with Gasteiger partial charge in [-0.3, -0.25) is 9.59 Å². The Bertz CT molecular complexity index is 976. The topological polar surface area (TPSA) is 102 Å². The molecule has 0 aliphatic carbocycles. The van der Waals surface area contributed by atoms with Crippen LogP contribution in [0.4, 0.5) is 5.69 Å². The van der Waals surface area contributed by atoms with E-state index < -0.39 is 21.8 Å². The highest BCUT2D eigenvalue weighted by Crippen LogP contribution is 2.20. The Morgan fingerprint density at radius 3 is 2.50 bits per heavy atom. The number of para-hydroxylation sites is 1. The summed E-state index contributed by atoms with van der Waals surface area (Å²) in [4.78, 5) is 24.6. The molecule has 7 nitrogen and oxygen atoms in total. The van der Waals surface area contributed by atoms with Gasteiger partial charge in [-0.25, -0.2) is 8.42 Å². The number of halogens is 1. The number of carbonyl (C=O) groups is 2. The Hall–Kier alpha value is -2.39. The highest BCUT2D eigenvalue weighted by molar-refractivity contribution is 9.10. The third kappa shape index (κ3) is 5.56. The molecule has 0 aromatic heterocycles. The number of sulfone groups is 1. The molecule has 2 N–H and O–H groups in total. The maximum Gasteiger partial charge on any atom is 0.262 e. The number of hydrogen-bond donors (Lipinski definition) is 2. The summed E-state index contributed by atoms with van der Waals surface area (Å²) in [7, 11) is -3.09. The number of rotatable bonds is 6. The van der Waals surface area contributed by atoms with E-state index >= 15 is 0 Å². The van der Waals surface area contributed by atoms with Gasteiger partial charge in [0, 0.05) is 16.2 Å². The van der Waals surface area contributed by atoms with Crippen molar-refractivity contribution in [2.24, 2.45) is 0 Å². The van der Waals surface area contributed by atoms with Crippen molar-refractivity contribution in [3.8, 4) is 5.75 Å². The molecule has 2 aromatic carbocycles. The molecule has 148 valence electrons. The molecule has 0 radical (unpaired) electrons. The molecule has 2 aromatic rings. The van der Waals surface area contributed by atoms with E-state index in [-0.39, 0.29) is 35.3 Å². The number of ether oxygens (including phenoxy) is 1. The van der Waals surface area contributed by atoms with Gasteiger partial charge >= 0.3 is 0 Å². The van der Waals surface area contributed by atoms with E-state index in [1.165, 1.54) is 0 Å². The molecule has 1 saturated heterocycles. The van der Waals surface area contributed by atoms with Gasteiger partial charge in [-0.2, -0.15) is 0 Å². The summed E-state index contributed by atoms with van der Waals surface area (Å²) in [5.41, 5.74) is 0.883.